The van der Waals surface area contributed by atoms with Gasteiger partial charge in [0, 0.05) is 24.5 Å². The van der Waals surface area contributed by atoms with E-state index >= 15 is 0 Å². The van der Waals surface area contributed by atoms with Gasteiger partial charge in [-0.15, -0.1) is 0 Å². The van der Waals surface area contributed by atoms with E-state index < -0.39 is 0 Å². The van der Waals surface area contributed by atoms with Crippen LogP contribution < -0.4 is 5.73 Å². The Kier molecular flexibility index (Phi) is 4.29. The molecule has 2 aliphatic rings. The van der Waals surface area contributed by atoms with E-state index in [4.69, 9.17) is 10.5 Å². The predicted molar refractivity (Wildman–Crippen MR) is 80.2 cm³/mol. The largest absolute Gasteiger partial charge is 0.368 e. The van der Waals surface area contributed by atoms with Crippen LogP contribution in [-0.4, -0.2) is 41.3 Å². The first kappa shape index (κ1) is 15.3. The zero-order valence-corrected chi connectivity index (χ0v) is 13.4. The lowest BCUT2D eigenvalue weighted by Gasteiger charge is -2.35. The lowest BCUT2D eigenvalue weighted by molar-refractivity contribution is -0.0790. The van der Waals surface area contributed by atoms with Crippen LogP contribution >= 0.6 is 0 Å². The van der Waals surface area contributed by atoms with Crippen molar-refractivity contribution < 1.29 is 4.74 Å². The summed E-state index contributed by atoms with van der Waals surface area (Å²) in [4.78, 5) is 2.64. The van der Waals surface area contributed by atoms with E-state index in [-0.39, 0.29) is 17.2 Å². The van der Waals surface area contributed by atoms with Gasteiger partial charge in [-0.1, -0.05) is 19.8 Å². The highest BCUT2D eigenvalue weighted by atomic mass is 16.5. The summed E-state index contributed by atoms with van der Waals surface area (Å²) in [7, 11) is 0. The highest BCUT2D eigenvalue weighted by Gasteiger charge is 2.52. The minimum Gasteiger partial charge on any atom is -0.368 e. The smallest absolute Gasteiger partial charge is 0.0788 e. The first-order chi connectivity index (χ1) is 8.78. The van der Waals surface area contributed by atoms with E-state index in [1.54, 1.807) is 0 Å². The van der Waals surface area contributed by atoms with Crippen molar-refractivity contribution in [2.24, 2.45) is 11.7 Å². The number of rotatable bonds is 4. The number of nitrogens with zero attached hydrogens (tertiary/aromatic N) is 1. The maximum atomic E-state index is 6.48. The van der Waals surface area contributed by atoms with Crippen molar-refractivity contribution in [3.8, 4) is 0 Å². The fourth-order valence-corrected chi connectivity index (χ4v) is 4.13. The predicted octanol–water partition coefficient (Wildman–Crippen LogP) is 2.78. The van der Waals surface area contributed by atoms with Crippen LogP contribution in [0.1, 0.15) is 60.3 Å². The van der Waals surface area contributed by atoms with E-state index in [0.29, 0.717) is 5.92 Å². The second kappa shape index (κ2) is 5.34. The Balaban J connectivity index is 2.07. The lowest BCUT2D eigenvalue weighted by atomic mass is 9.82. The third-order valence-electron chi connectivity index (χ3n) is 5.33. The van der Waals surface area contributed by atoms with E-state index in [1.165, 1.54) is 25.7 Å². The van der Waals surface area contributed by atoms with Crippen molar-refractivity contribution >= 4 is 0 Å². The summed E-state index contributed by atoms with van der Waals surface area (Å²) in [5, 5.41) is 0. The average molecular weight is 268 g/mol. The van der Waals surface area contributed by atoms with Gasteiger partial charge >= 0.3 is 0 Å². The third-order valence-corrected chi connectivity index (χ3v) is 5.33. The van der Waals surface area contributed by atoms with Crippen molar-refractivity contribution in [1.82, 2.24) is 4.90 Å². The molecule has 0 aromatic rings. The molecule has 0 spiro atoms. The number of nitrogens with two attached hydrogens (primary N) is 1. The van der Waals surface area contributed by atoms with Crippen LogP contribution in [0.15, 0.2) is 0 Å². The van der Waals surface area contributed by atoms with Crippen LogP contribution in [0.4, 0.5) is 0 Å². The summed E-state index contributed by atoms with van der Waals surface area (Å²) >= 11 is 0. The highest BCUT2D eigenvalue weighted by Crippen LogP contribution is 2.42. The quantitative estimate of drug-likeness (QED) is 0.852. The van der Waals surface area contributed by atoms with Gasteiger partial charge in [-0.05, 0) is 47.1 Å². The number of ether oxygens (including phenoxy) is 1. The van der Waals surface area contributed by atoms with Gasteiger partial charge in [0.25, 0.3) is 0 Å². The van der Waals surface area contributed by atoms with Crippen LogP contribution in [0.5, 0.6) is 0 Å². The first-order valence-corrected chi connectivity index (χ1v) is 7.97. The van der Waals surface area contributed by atoms with Gasteiger partial charge in [0.05, 0.1) is 11.2 Å². The summed E-state index contributed by atoms with van der Waals surface area (Å²) in [5.74, 6) is 0.419. The Bertz CT molecular complexity index is 308. The molecule has 0 bridgehead atoms. The summed E-state index contributed by atoms with van der Waals surface area (Å²) in [5.41, 5.74) is 6.16. The second-order valence-electron chi connectivity index (χ2n) is 7.47. The van der Waals surface area contributed by atoms with Crippen LogP contribution in [0.25, 0.3) is 0 Å². The molecule has 0 radical (unpaired) electrons. The Labute approximate surface area is 118 Å². The topological polar surface area (TPSA) is 38.5 Å². The molecule has 1 aliphatic heterocycles. The standard InChI is InChI=1S/C16H32N2O/c1-6-18(12-9-7-8-10-12)11-13-14(17)16(4,5)19-15(13,2)3/h12-14H,6-11,17H2,1-5H3. The monoisotopic (exact) mass is 268 g/mol. The van der Waals surface area contributed by atoms with Gasteiger partial charge in [0.1, 0.15) is 0 Å². The summed E-state index contributed by atoms with van der Waals surface area (Å²) < 4.78 is 6.22. The molecule has 1 aliphatic carbocycles. The van der Waals surface area contributed by atoms with E-state index in [2.05, 4.69) is 39.5 Å². The van der Waals surface area contributed by atoms with Gasteiger partial charge in [0.2, 0.25) is 0 Å². The van der Waals surface area contributed by atoms with Crippen LogP contribution in [0.2, 0.25) is 0 Å². The SMILES string of the molecule is CCN(CC1C(N)C(C)(C)OC1(C)C)C1CCCC1. The van der Waals surface area contributed by atoms with Crippen LogP contribution in [0, 0.1) is 5.92 Å². The Hall–Kier alpha value is -0.120. The maximum Gasteiger partial charge on any atom is 0.0788 e. The molecule has 0 aromatic heterocycles. The molecule has 1 saturated heterocycles. The van der Waals surface area contributed by atoms with Crippen molar-refractivity contribution in [1.29, 1.82) is 0 Å². The lowest BCUT2D eigenvalue weighted by Crippen LogP contribution is -2.49. The minimum atomic E-state index is -0.205. The fourth-order valence-electron chi connectivity index (χ4n) is 4.13. The van der Waals surface area contributed by atoms with Crippen molar-refractivity contribution in [2.75, 3.05) is 13.1 Å². The fraction of sp³-hybridized carbons (Fsp3) is 1.00. The van der Waals surface area contributed by atoms with Crippen LogP contribution in [-0.2, 0) is 4.74 Å². The van der Waals surface area contributed by atoms with Gasteiger partial charge in [0.15, 0.2) is 0 Å². The summed E-state index contributed by atoms with van der Waals surface area (Å²) in [6.45, 7) is 13.2. The molecule has 2 atom stereocenters. The first-order valence-electron chi connectivity index (χ1n) is 7.97. The van der Waals surface area contributed by atoms with Gasteiger partial charge in [-0.25, -0.2) is 0 Å². The Morgan fingerprint density at radius 3 is 2.11 bits per heavy atom. The Morgan fingerprint density at radius 2 is 1.68 bits per heavy atom. The van der Waals surface area contributed by atoms with Crippen molar-refractivity contribution in [3.63, 3.8) is 0 Å². The number of hydrogen-bond donors (Lipinski definition) is 1. The van der Waals surface area contributed by atoms with Crippen LogP contribution in [0.3, 0.4) is 0 Å². The Morgan fingerprint density at radius 1 is 1.11 bits per heavy atom. The highest BCUT2D eigenvalue weighted by molar-refractivity contribution is 5.05. The molecular formula is C16H32N2O. The van der Waals surface area contributed by atoms with Gasteiger partial charge < -0.3 is 15.4 Å². The number of hydrogen-bond acceptors (Lipinski definition) is 3. The molecular weight excluding hydrogens is 236 g/mol. The van der Waals surface area contributed by atoms with E-state index in [0.717, 1.165) is 19.1 Å². The zero-order chi connectivity index (χ0) is 14.3. The molecule has 0 amide bonds. The molecule has 3 nitrogen and oxygen atoms in total. The molecule has 2 unspecified atom stereocenters. The molecule has 112 valence electrons. The molecule has 0 aromatic carbocycles. The summed E-state index contributed by atoms with van der Waals surface area (Å²) in [6.07, 6.45) is 5.51. The molecule has 3 heteroatoms. The van der Waals surface area contributed by atoms with Gasteiger partial charge in [-0.2, -0.15) is 0 Å². The molecule has 19 heavy (non-hydrogen) atoms. The molecule has 2 fully saturated rings. The normalized spacial score (nSPS) is 34.3. The second-order valence-corrected chi connectivity index (χ2v) is 7.47. The molecule has 1 saturated carbocycles. The maximum absolute atomic E-state index is 6.48. The molecule has 2 rings (SSSR count). The minimum absolute atomic E-state index is 0.116. The van der Waals surface area contributed by atoms with E-state index in [1.807, 2.05) is 0 Å². The summed E-state index contributed by atoms with van der Waals surface area (Å²) in [6, 6.07) is 0.898. The van der Waals surface area contributed by atoms with Crippen molar-refractivity contribution in [3.05, 3.63) is 0 Å². The van der Waals surface area contributed by atoms with Crippen molar-refractivity contribution in [2.45, 2.75) is 83.6 Å². The molecule has 2 N–H and O–H groups in total. The zero-order valence-electron chi connectivity index (χ0n) is 13.4. The average Bonchev–Trinajstić information content (AvgIpc) is 2.85. The molecule has 1 heterocycles. The third kappa shape index (κ3) is 2.98. The van der Waals surface area contributed by atoms with Gasteiger partial charge in [-0.3, -0.25) is 0 Å². The van der Waals surface area contributed by atoms with E-state index in [9.17, 15) is 0 Å².